The van der Waals surface area contributed by atoms with Crippen LogP contribution in [-0.2, 0) is 6.61 Å². The Balaban J connectivity index is 1.95. The number of furan rings is 1. The molecule has 0 amide bonds. The minimum absolute atomic E-state index is 0.555. The standard InChI is InChI=1S/C12H12O2/c1-10-2-4-12(5-3-10)14-9-11-6-7-13-8-11/h2-8H,9H2,1H3. The van der Waals surface area contributed by atoms with Crippen molar-refractivity contribution in [3.8, 4) is 5.75 Å². The molecule has 72 valence electrons. The van der Waals surface area contributed by atoms with Crippen molar-refractivity contribution in [2.75, 3.05) is 0 Å². The first kappa shape index (κ1) is 8.88. The van der Waals surface area contributed by atoms with Crippen molar-refractivity contribution in [2.45, 2.75) is 13.5 Å². The molecule has 2 aromatic rings. The Morgan fingerprint density at radius 1 is 1.14 bits per heavy atom. The molecule has 2 nitrogen and oxygen atoms in total. The summed E-state index contributed by atoms with van der Waals surface area (Å²) in [5.74, 6) is 0.886. The summed E-state index contributed by atoms with van der Waals surface area (Å²) in [6.07, 6.45) is 3.34. The molecular formula is C12H12O2. The first-order valence-electron chi connectivity index (χ1n) is 4.55. The maximum absolute atomic E-state index is 5.55. The van der Waals surface area contributed by atoms with E-state index in [1.54, 1.807) is 12.5 Å². The topological polar surface area (TPSA) is 22.4 Å². The van der Waals surface area contributed by atoms with Gasteiger partial charge in [-0.2, -0.15) is 0 Å². The van der Waals surface area contributed by atoms with Gasteiger partial charge in [-0.25, -0.2) is 0 Å². The van der Waals surface area contributed by atoms with E-state index in [0.717, 1.165) is 11.3 Å². The molecule has 14 heavy (non-hydrogen) atoms. The Labute approximate surface area is 83.1 Å². The molecule has 0 aliphatic heterocycles. The average Bonchev–Trinajstić information content (AvgIpc) is 2.70. The molecule has 0 unspecified atom stereocenters. The highest BCUT2D eigenvalue weighted by Crippen LogP contribution is 2.13. The zero-order valence-electron chi connectivity index (χ0n) is 8.07. The summed E-state index contributed by atoms with van der Waals surface area (Å²) in [5.41, 5.74) is 2.28. The highest BCUT2D eigenvalue weighted by atomic mass is 16.5. The zero-order valence-corrected chi connectivity index (χ0v) is 8.07. The highest BCUT2D eigenvalue weighted by Gasteiger charge is 1.96. The van der Waals surface area contributed by atoms with Gasteiger partial charge < -0.3 is 9.15 Å². The van der Waals surface area contributed by atoms with Crippen LogP contribution >= 0.6 is 0 Å². The Morgan fingerprint density at radius 3 is 2.57 bits per heavy atom. The third-order valence-electron chi connectivity index (χ3n) is 2.01. The van der Waals surface area contributed by atoms with Gasteiger partial charge in [0.1, 0.15) is 12.4 Å². The number of rotatable bonds is 3. The van der Waals surface area contributed by atoms with Crippen LogP contribution in [0, 0.1) is 6.92 Å². The quantitative estimate of drug-likeness (QED) is 0.738. The van der Waals surface area contributed by atoms with Crippen LogP contribution in [0.2, 0.25) is 0 Å². The third-order valence-corrected chi connectivity index (χ3v) is 2.01. The lowest BCUT2D eigenvalue weighted by atomic mass is 10.2. The fraction of sp³-hybridized carbons (Fsp3) is 0.167. The van der Waals surface area contributed by atoms with Crippen molar-refractivity contribution in [3.63, 3.8) is 0 Å². The fourth-order valence-corrected chi connectivity index (χ4v) is 1.18. The van der Waals surface area contributed by atoms with Crippen LogP contribution in [-0.4, -0.2) is 0 Å². The van der Waals surface area contributed by atoms with Gasteiger partial charge in [-0.15, -0.1) is 0 Å². The summed E-state index contributed by atoms with van der Waals surface area (Å²) in [6, 6.07) is 9.90. The second kappa shape index (κ2) is 4.01. The van der Waals surface area contributed by atoms with E-state index in [1.165, 1.54) is 5.56 Å². The van der Waals surface area contributed by atoms with Crippen LogP contribution in [0.4, 0.5) is 0 Å². The van der Waals surface area contributed by atoms with E-state index in [-0.39, 0.29) is 0 Å². The van der Waals surface area contributed by atoms with Crippen molar-refractivity contribution in [1.82, 2.24) is 0 Å². The monoisotopic (exact) mass is 188 g/mol. The predicted octanol–water partition coefficient (Wildman–Crippen LogP) is 3.17. The van der Waals surface area contributed by atoms with E-state index in [2.05, 4.69) is 6.92 Å². The van der Waals surface area contributed by atoms with Gasteiger partial charge in [0.15, 0.2) is 0 Å². The van der Waals surface area contributed by atoms with Gasteiger partial charge in [-0.05, 0) is 25.1 Å². The van der Waals surface area contributed by atoms with E-state index >= 15 is 0 Å². The van der Waals surface area contributed by atoms with Crippen molar-refractivity contribution in [1.29, 1.82) is 0 Å². The maximum atomic E-state index is 5.55. The molecule has 0 spiro atoms. The summed E-state index contributed by atoms with van der Waals surface area (Å²) in [5, 5.41) is 0. The van der Waals surface area contributed by atoms with Gasteiger partial charge >= 0.3 is 0 Å². The molecule has 0 bridgehead atoms. The Hall–Kier alpha value is -1.70. The summed E-state index contributed by atoms with van der Waals surface area (Å²) >= 11 is 0. The molecule has 0 saturated heterocycles. The van der Waals surface area contributed by atoms with Crippen LogP contribution in [0.25, 0.3) is 0 Å². The third kappa shape index (κ3) is 2.16. The Kier molecular flexibility index (Phi) is 2.54. The van der Waals surface area contributed by atoms with Crippen LogP contribution in [0.3, 0.4) is 0 Å². The fourth-order valence-electron chi connectivity index (χ4n) is 1.18. The normalized spacial score (nSPS) is 10.1. The number of hydrogen-bond donors (Lipinski definition) is 0. The summed E-state index contributed by atoms with van der Waals surface area (Å²) in [7, 11) is 0. The van der Waals surface area contributed by atoms with E-state index in [4.69, 9.17) is 9.15 Å². The number of hydrogen-bond acceptors (Lipinski definition) is 2. The van der Waals surface area contributed by atoms with E-state index in [0.29, 0.717) is 6.61 Å². The summed E-state index contributed by atoms with van der Waals surface area (Å²) in [4.78, 5) is 0. The largest absolute Gasteiger partial charge is 0.489 e. The average molecular weight is 188 g/mol. The van der Waals surface area contributed by atoms with Crippen LogP contribution in [0.5, 0.6) is 5.75 Å². The lowest BCUT2D eigenvalue weighted by Gasteiger charge is -2.03. The predicted molar refractivity (Wildman–Crippen MR) is 54.2 cm³/mol. The van der Waals surface area contributed by atoms with E-state index in [9.17, 15) is 0 Å². The second-order valence-electron chi connectivity index (χ2n) is 3.23. The van der Waals surface area contributed by atoms with Gasteiger partial charge in [-0.1, -0.05) is 17.7 Å². The van der Waals surface area contributed by atoms with Crippen molar-refractivity contribution in [2.24, 2.45) is 0 Å². The first-order chi connectivity index (χ1) is 6.84. The smallest absolute Gasteiger partial charge is 0.119 e. The molecule has 1 aromatic carbocycles. The molecule has 0 atom stereocenters. The molecule has 0 N–H and O–H groups in total. The minimum Gasteiger partial charge on any atom is -0.489 e. The lowest BCUT2D eigenvalue weighted by Crippen LogP contribution is -1.93. The molecule has 0 saturated carbocycles. The van der Waals surface area contributed by atoms with Crippen LogP contribution in [0.15, 0.2) is 47.3 Å². The Bertz CT molecular complexity index is 373. The van der Waals surface area contributed by atoms with Crippen molar-refractivity contribution < 1.29 is 9.15 Å². The van der Waals surface area contributed by atoms with Gasteiger partial charge in [0, 0.05) is 5.56 Å². The molecule has 0 aliphatic carbocycles. The molecule has 2 rings (SSSR count). The summed E-state index contributed by atoms with van der Waals surface area (Å²) < 4.78 is 10.5. The molecule has 0 fully saturated rings. The highest BCUT2D eigenvalue weighted by molar-refractivity contribution is 5.26. The van der Waals surface area contributed by atoms with Gasteiger partial charge in [0.25, 0.3) is 0 Å². The summed E-state index contributed by atoms with van der Waals surface area (Å²) in [6.45, 7) is 2.61. The molecule has 1 heterocycles. The van der Waals surface area contributed by atoms with E-state index in [1.807, 2.05) is 30.3 Å². The van der Waals surface area contributed by atoms with Crippen LogP contribution in [0.1, 0.15) is 11.1 Å². The van der Waals surface area contributed by atoms with Crippen molar-refractivity contribution >= 4 is 0 Å². The number of aryl methyl sites for hydroxylation is 1. The second-order valence-corrected chi connectivity index (χ2v) is 3.23. The molecule has 2 heteroatoms. The van der Waals surface area contributed by atoms with Gasteiger partial charge in [-0.3, -0.25) is 0 Å². The molecule has 0 aliphatic rings. The first-order valence-corrected chi connectivity index (χ1v) is 4.55. The minimum atomic E-state index is 0.555. The molecule has 1 aromatic heterocycles. The zero-order chi connectivity index (χ0) is 9.80. The Morgan fingerprint density at radius 2 is 1.93 bits per heavy atom. The number of benzene rings is 1. The maximum Gasteiger partial charge on any atom is 0.119 e. The number of ether oxygens (including phenoxy) is 1. The van der Waals surface area contributed by atoms with Crippen molar-refractivity contribution in [3.05, 3.63) is 54.0 Å². The van der Waals surface area contributed by atoms with Gasteiger partial charge in [0.2, 0.25) is 0 Å². The molecule has 0 radical (unpaired) electrons. The van der Waals surface area contributed by atoms with E-state index < -0.39 is 0 Å². The van der Waals surface area contributed by atoms with Crippen LogP contribution < -0.4 is 4.74 Å². The lowest BCUT2D eigenvalue weighted by molar-refractivity contribution is 0.304. The van der Waals surface area contributed by atoms with Gasteiger partial charge in [0.05, 0.1) is 12.5 Å². The SMILES string of the molecule is Cc1ccc(OCc2ccoc2)cc1. The molecular weight excluding hydrogens is 176 g/mol.